The van der Waals surface area contributed by atoms with Gasteiger partial charge in [0.25, 0.3) is 0 Å². The molecule has 2 rings (SSSR count). The summed E-state index contributed by atoms with van der Waals surface area (Å²) in [4.78, 5) is 17.7. The Morgan fingerprint density at radius 1 is 1.52 bits per heavy atom. The van der Waals surface area contributed by atoms with Crippen LogP contribution in [-0.4, -0.2) is 33.8 Å². The molecule has 0 bridgehead atoms. The summed E-state index contributed by atoms with van der Waals surface area (Å²) < 4.78 is 1.81. The molecule has 7 heteroatoms. The molecule has 0 unspecified atom stereocenters. The lowest BCUT2D eigenvalue weighted by Gasteiger charge is -2.14. The smallest absolute Gasteiger partial charge is 0.225 e. The van der Waals surface area contributed by atoms with Crippen LogP contribution in [0.5, 0.6) is 0 Å². The molecule has 0 saturated carbocycles. The fourth-order valence-corrected chi connectivity index (χ4v) is 2.98. The molecule has 114 valence electrons. The van der Waals surface area contributed by atoms with Crippen molar-refractivity contribution in [3.05, 3.63) is 29.0 Å². The Bertz CT molecular complexity index is 592. The number of thiazole rings is 1. The molecule has 0 spiro atoms. The zero-order valence-electron chi connectivity index (χ0n) is 12.7. The Kier molecular flexibility index (Phi) is 5.46. The van der Waals surface area contributed by atoms with E-state index in [0.717, 1.165) is 23.8 Å². The summed E-state index contributed by atoms with van der Waals surface area (Å²) >= 11 is 1.51. The van der Waals surface area contributed by atoms with Gasteiger partial charge in [0.1, 0.15) is 0 Å². The molecule has 0 fully saturated rings. The van der Waals surface area contributed by atoms with Gasteiger partial charge < -0.3 is 5.32 Å². The van der Waals surface area contributed by atoms with Crippen LogP contribution < -0.4 is 10.2 Å². The zero-order valence-corrected chi connectivity index (χ0v) is 13.5. The number of aromatic nitrogens is 3. The van der Waals surface area contributed by atoms with Crippen molar-refractivity contribution in [2.24, 2.45) is 7.05 Å². The second-order valence-electron chi connectivity index (χ2n) is 4.83. The van der Waals surface area contributed by atoms with Gasteiger partial charge in [-0.15, -0.1) is 11.3 Å². The van der Waals surface area contributed by atoms with Crippen LogP contribution in [0.4, 0.5) is 5.13 Å². The first-order valence-electron chi connectivity index (χ1n) is 7.01. The third-order valence-electron chi connectivity index (χ3n) is 3.12. The summed E-state index contributed by atoms with van der Waals surface area (Å²) in [5, 5.41) is 10.3. The van der Waals surface area contributed by atoms with Crippen LogP contribution in [0, 0.1) is 0 Å². The fraction of sp³-hybridized carbons (Fsp3) is 0.500. The minimum absolute atomic E-state index is 0.0305. The third kappa shape index (κ3) is 4.37. The Morgan fingerprint density at radius 2 is 2.33 bits per heavy atom. The van der Waals surface area contributed by atoms with Crippen molar-refractivity contribution in [3.8, 4) is 0 Å². The molecule has 0 saturated heterocycles. The molecule has 0 radical (unpaired) electrons. The molecule has 6 nitrogen and oxygen atoms in total. The minimum atomic E-state index is 0.0305. The summed E-state index contributed by atoms with van der Waals surface area (Å²) in [5.41, 5.74) is 2.19. The molecular weight excluding hydrogens is 286 g/mol. The van der Waals surface area contributed by atoms with Crippen LogP contribution in [0.1, 0.15) is 25.1 Å². The van der Waals surface area contributed by atoms with E-state index < -0.39 is 0 Å². The van der Waals surface area contributed by atoms with E-state index >= 15 is 0 Å². The maximum Gasteiger partial charge on any atom is 0.225 e. The summed E-state index contributed by atoms with van der Waals surface area (Å²) in [6.07, 6.45) is 4.85. The van der Waals surface area contributed by atoms with Crippen molar-refractivity contribution in [1.29, 1.82) is 0 Å². The van der Waals surface area contributed by atoms with Gasteiger partial charge in [-0.2, -0.15) is 5.10 Å². The summed E-state index contributed by atoms with van der Waals surface area (Å²) in [6, 6.07) is 0. The summed E-state index contributed by atoms with van der Waals surface area (Å²) in [7, 11) is 1.92. The van der Waals surface area contributed by atoms with Crippen LogP contribution in [-0.2, 0) is 24.8 Å². The van der Waals surface area contributed by atoms with E-state index in [1.165, 1.54) is 16.9 Å². The SMILES string of the molecule is CCN(C(C)=O)c1nc(CNCCc2cnn(C)c2)cs1. The Labute approximate surface area is 128 Å². The number of hydrogen-bond acceptors (Lipinski definition) is 5. The summed E-state index contributed by atoms with van der Waals surface area (Å²) in [6.45, 7) is 5.76. The maximum absolute atomic E-state index is 11.5. The van der Waals surface area contributed by atoms with Gasteiger partial charge in [0, 0.05) is 38.6 Å². The van der Waals surface area contributed by atoms with Crippen LogP contribution in [0.2, 0.25) is 0 Å². The van der Waals surface area contributed by atoms with Crippen molar-refractivity contribution in [1.82, 2.24) is 20.1 Å². The van der Waals surface area contributed by atoms with Crippen LogP contribution in [0.15, 0.2) is 17.8 Å². The number of nitrogens with zero attached hydrogens (tertiary/aromatic N) is 4. The molecule has 2 aromatic heterocycles. The number of nitrogens with one attached hydrogen (secondary N) is 1. The van der Waals surface area contributed by atoms with Gasteiger partial charge in [0.05, 0.1) is 11.9 Å². The van der Waals surface area contributed by atoms with Gasteiger partial charge >= 0.3 is 0 Å². The lowest BCUT2D eigenvalue weighted by atomic mass is 10.2. The largest absolute Gasteiger partial charge is 0.311 e. The molecule has 0 aromatic carbocycles. The van der Waals surface area contributed by atoms with E-state index in [-0.39, 0.29) is 5.91 Å². The average molecular weight is 307 g/mol. The molecule has 0 aliphatic heterocycles. The van der Waals surface area contributed by atoms with E-state index in [4.69, 9.17) is 0 Å². The third-order valence-corrected chi connectivity index (χ3v) is 4.03. The highest BCUT2D eigenvalue weighted by molar-refractivity contribution is 7.14. The molecule has 21 heavy (non-hydrogen) atoms. The van der Waals surface area contributed by atoms with Crippen molar-refractivity contribution in [2.75, 3.05) is 18.0 Å². The van der Waals surface area contributed by atoms with Crippen molar-refractivity contribution in [2.45, 2.75) is 26.8 Å². The normalized spacial score (nSPS) is 10.8. The van der Waals surface area contributed by atoms with E-state index in [0.29, 0.717) is 13.1 Å². The lowest BCUT2D eigenvalue weighted by molar-refractivity contribution is -0.116. The van der Waals surface area contributed by atoms with Gasteiger partial charge in [-0.25, -0.2) is 4.98 Å². The topological polar surface area (TPSA) is 63.1 Å². The monoisotopic (exact) mass is 307 g/mol. The fourth-order valence-electron chi connectivity index (χ4n) is 2.04. The number of anilines is 1. The Balaban J connectivity index is 1.79. The zero-order chi connectivity index (χ0) is 15.2. The molecule has 2 heterocycles. The van der Waals surface area contributed by atoms with Gasteiger partial charge in [-0.3, -0.25) is 14.4 Å². The number of amides is 1. The number of rotatable bonds is 7. The molecule has 0 atom stereocenters. The first-order chi connectivity index (χ1) is 10.1. The van der Waals surface area contributed by atoms with Crippen LogP contribution >= 0.6 is 11.3 Å². The highest BCUT2D eigenvalue weighted by Crippen LogP contribution is 2.20. The first-order valence-corrected chi connectivity index (χ1v) is 7.89. The van der Waals surface area contributed by atoms with E-state index in [2.05, 4.69) is 15.4 Å². The minimum Gasteiger partial charge on any atom is -0.311 e. The first kappa shape index (κ1) is 15.7. The molecule has 2 aromatic rings. The van der Waals surface area contributed by atoms with Crippen molar-refractivity contribution >= 4 is 22.4 Å². The van der Waals surface area contributed by atoms with E-state index in [1.54, 1.807) is 11.8 Å². The van der Waals surface area contributed by atoms with Gasteiger partial charge in [0.15, 0.2) is 5.13 Å². The second kappa shape index (κ2) is 7.33. The van der Waals surface area contributed by atoms with E-state index in [1.807, 2.05) is 36.4 Å². The number of aryl methyl sites for hydroxylation is 1. The Morgan fingerprint density at radius 3 is 2.95 bits per heavy atom. The van der Waals surface area contributed by atoms with Gasteiger partial charge in [-0.1, -0.05) is 0 Å². The summed E-state index contributed by atoms with van der Waals surface area (Å²) in [5.74, 6) is 0.0305. The van der Waals surface area contributed by atoms with E-state index in [9.17, 15) is 4.79 Å². The lowest BCUT2D eigenvalue weighted by Crippen LogP contribution is -2.27. The van der Waals surface area contributed by atoms with Crippen LogP contribution in [0.3, 0.4) is 0 Å². The molecular formula is C14H21N5OS. The number of hydrogen-bond donors (Lipinski definition) is 1. The average Bonchev–Trinajstić information content (AvgIpc) is 3.05. The molecule has 0 aliphatic carbocycles. The number of carbonyl (C=O) groups is 1. The quantitative estimate of drug-likeness (QED) is 0.789. The van der Waals surface area contributed by atoms with Crippen molar-refractivity contribution < 1.29 is 4.79 Å². The highest BCUT2D eigenvalue weighted by atomic mass is 32.1. The maximum atomic E-state index is 11.5. The molecule has 1 amide bonds. The predicted molar refractivity (Wildman–Crippen MR) is 84.4 cm³/mol. The van der Waals surface area contributed by atoms with Gasteiger partial charge in [-0.05, 0) is 25.5 Å². The molecule has 1 N–H and O–H groups in total. The standard InChI is InChI=1S/C14H21N5OS/c1-4-19(11(2)20)14-17-13(10-21-14)8-15-6-5-12-7-16-18(3)9-12/h7,9-10,15H,4-6,8H2,1-3H3. The van der Waals surface area contributed by atoms with Gasteiger partial charge in [0.2, 0.25) is 5.91 Å². The predicted octanol–water partition coefficient (Wildman–Crippen LogP) is 1.58. The second-order valence-corrected chi connectivity index (χ2v) is 5.67. The van der Waals surface area contributed by atoms with Crippen LogP contribution in [0.25, 0.3) is 0 Å². The number of carbonyl (C=O) groups excluding carboxylic acids is 1. The molecule has 0 aliphatic rings. The van der Waals surface area contributed by atoms with Crippen molar-refractivity contribution in [3.63, 3.8) is 0 Å². The highest BCUT2D eigenvalue weighted by Gasteiger charge is 2.13. The Hall–Kier alpha value is -1.73.